The van der Waals surface area contributed by atoms with Crippen LogP contribution >= 0.6 is 0 Å². The molecule has 2 aromatic carbocycles. The van der Waals surface area contributed by atoms with Crippen molar-refractivity contribution in [3.63, 3.8) is 0 Å². The third-order valence-corrected chi connectivity index (χ3v) is 7.53. The largest absolute Gasteiger partial charge is 0.508 e. The zero-order valence-corrected chi connectivity index (χ0v) is 21.4. The van der Waals surface area contributed by atoms with Gasteiger partial charge in [-0.15, -0.1) is 0 Å². The van der Waals surface area contributed by atoms with E-state index in [1.807, 2.05) is 24.3 Å². The van der Waals surface area contributed by atoms with Crippen molar-refractivity contribution in [1.29, 1.82) is 0 Å². The Bertz CT molecular complexity index is 1410. The second-order valence-corrected chi connectivity index (χ2v) is 10.2. The molecular weight excluding hydrogens is 466 g/mol. The fraction of sp³-hybridized carbons (Fsp3) is 0.429. The van der Waals surface area contributed by atoms with Crippen LogP contribution in [0.2, 0.25) is 0 Å². The predicted octanol–water partition coefficient (Wildman–Crippen LogP) is 3.61. The first-order chi connectivity index (χ1) is 18.1. The lowest BCUT2D eigenvalue weighted by Crippen LogP contribution is -2.51. The van der Waals surface area contributed by atoms with Gasteiger partial charge in [0.1, 0.15) is 11.6 Å². The molecule has 0 spiro atoms. The topological polar surface area (TPSA) is 99.5 Å². The second-order valence-electron chi connectivity index (χ2n) is 10.2. The highest BCUT2D eigenvalue weighted by atomic mass is 16.5. The summed E-state index contributed by atoms with van der Waals surface area (Å²) in [6.07, 6.45) is 6.99. The van der Waals surface area contributed by atoms with Crippen LogP contribution < -0.4 is 15.0 Å². The van der Waals surface area contributed by atoms with Gasteiger partial charge in [0.15, 0.2) is 11.5 Å². The van der Waals surface area contributed by atoms with Crippen LogP contribution in [0.1, 0.15) is 25.7 Å². The van der Waals surface area contributed by atoms with E-state index < -0.39 is 0 Å². The van der Waals surface area contributed by atoms with Crippen molar-refractivity contribution in [3.8, 4) is 23.1 Å². The Labute approximate surface area is 216 Å². The van der Waals surface area contributed by atoms with Gasteiger partial charge >= 0.3 is 6.01 Å². The number of phenols is 1. The Balaban J connectivity index is 0.000000372. The molecule has 5 heterocycles. The van der Waals surface area contributed by atoms with E-state index in [-0.39, 0.29) is 5.75 Å². The van der Waals surface area contributed by atoms with Crippen molar-refractivity contribution in [3.05, 3.63) is 42.6 Å². The van der Waals surface area contributed by atoms with Crippen LogP contribution in [0.4, 0.5) is 5.82 Å². The molecule has 9 heteroatoms. The van der Waals surface area contributed by atoms with Crippen molar-refractivity contribution < 1.29 is 9.84 Å². The molecule has 2 N–H and O–H groups in total. The summed E-state index contributed by atoms with van der Waals surface area (Å²) in [5.41, 5.74) is 1.29. The number of fused-ring (bicyclic) bond motifs is 4. The molecule has 7 rings (SSSR count). The van der Waals surface area contributed by atoms with Crippen LogP contribution in [0.15, 0.2) is 42.6 Å². The number of methoxy groups -OCH3 is 1. The van der Waals surface area contributed by atoms with Crippen molar-refractivity contribution in [2.45, 2.75) is 37.8 Å². The highest BCUT2D eigenvalue weighted by Gasteiger charge is 2.33. The van der Waals surface area contributed by atoms with E-state index in [2.05, 4.69) is 37.1 Å². The summed E-state index contributed by atoms with van der Waals surface area (Å²) in [4.78, 5) is 23.2. The molecule has 3 saturated heterocycles. The summed E-state index contributed by atoms with van der Waals surface area (Å²) in [6, 6.07) is 12.5. The summed E-state index contributed by atoms with van der Waals surface area (Å²) in [6.45, 7) is 4.43. The average Bonchev–Trinajstić information content (AvgIpc) is 3.54. The van der Waals surface area contributed by atoms with Crippen LogP contribution in [0.25, 0.3) is 33.2 Å². The van der Waals surface area contributed by atoms with Gasteiger partial charge in [0.2, 0.25) is 0 Å². The lowest BCUT2D eigenvalue weighted by molar-refractivity contribution is 0.380. The smallest absolute Gasteiger partial charge is 0.320 e. The standard InChI is InChI=1S/C23H22N6O2.C5H11N/c1-31-23-27-21-19(22(28-23)29-11-14-6-7-15(12-29)25-14)10-24-20(26-21)18-9-16(30)8-13-4-2-3-5-17(13)18;1-6-4-2-3-5-6/h2-5,8-10,14-15,25,30H,6-7,11-12H2,1H3;2-5H2,1H3. The normalized spacial score (nSPS) is 21.3. The highest BCUT2D eigenvalue weighted by Crippen LogP contribution is 2.34. The SMILES string of the molecule is CN1CCCC1.COc1nc(N2CC3CCC(C2)N3)c2cnc(-c3cc(O)cc4ccccc34)nc2n1. The second kappa shape index (κ2) is 10.1. The summed E-state index contributed by atoms with van der Waals surface area (Å²) in [5, 5.41) is 16.6. The number of likely N-dealkylation sites (tertiary alicyclic amines) is 1. The fourth-order valence-electron chi connectivity index (χ4n) is 5.67. The van der Waals surface area contributed by atoms with Gasteiger partial charge in [0.05, 0.1) is 12.5 Å². The van der Waals surface area contributed by atoms with E-state index in [1.54, 1.807) is 25.4 Å². The van der Waals surface area contributed by atoms with Crippen molar-refractivity contribution in [2.75, 3.05) is 45.2 Å². The van der Waals surface area contributed by atoms with Gasteiger partial charge in [-0.05, 0) is 68.7 Å². The molecule has 0 aliphatic carbocycles. The maximum absolute atomic E-state index is 10.2. The summed E-state index contributed by atoms with van der Waals surface area (Å²) < 4.78 is 5.39. The monoisotopic (exact) mass is 499 g/mol. The molecule has 37 heavy (non-hydrogen) atoms. The van der Waals surface area contributed by atoms with Crippen LogP contribution in [0.3, 0.4) is 0 Å². The molecule has 2 aromatic heterocycles. The van der Waals surface area contributed by atoms with Crippen molar-refractivity contribution >= 4 is 27.6 Å². The minimum Gasteiger partial charge on any atom is -0.508 e. The minimum atomic E-state index is 0.176. The van der Waals surface area contributed by atoms with Crippen LogP contribution in [0.5, 0.6) is 11.8 Å². The average molecular weight is 500 g/mol. The lowest BCUT2D eigenvalue weighted by Gasteiger charge is -2.34. The summed E-state index contributed by atoms with van der Waals surface area (Å²) >= 11 is 0. The molecule has 0 radical (unpaired) electrons. The number of aromatic hydroxyl groups is 1. The fourth-order valence-corrected chi connectivity index (χ4v) is 5.67. The number of phenolic OH excluding ortho intramolecular Hbond substituents is 1. The van der Waals surface area contributed by atoms with Gasteiger partial charge in [-0.25, -0.2) is 9.97 Å². The number of benzene rings is 2. The molecule has 3 aliphatic heterocycles. The maximum atomic E-state index is 10.2. The number of ether oxygens (including phenoxy) is 1. The Hall–Kier alpha value is -3.56. The number of piperazine rings is 1. The van der Waals surface area contributed by atoms with Crippen molar-refractivity contribution in [1.82, 2.24) is 30.2 Å². The number of hydrogen-bond acceptors (Lipinski definition) is 9. The van der Waals surface area contributed by atoms with E-state index >= 15 is 0 Å². The Morgan fingerprint density at radius 1 is 0.973 bits per heavy atom. The third kappa shape index (κ3) is 4.89. The number of hydrogen-bond donors (Lipinski definition) is 2. The van der Waals surface area contributed by atoms with E-state index in [1.165, 1.54) is 38.8 Å². The van der Waals surface area contributed by atoms with E-state index in [0.717, 1.165) is 40.6 Å². The van der Waals surface area contributed by atoms with Gasteiger partial charge in [0.25, 0.3) is 0 Å². The maximum Gasteiger partial charge on any atom is 0.320 e. The molecule has 0 amide bonds. The van der Waals surface area contributed by atoms with E-state index in [4.69, 9.17) is 9.72 Å². The molecule has 4 aromatic rings. The number of nitrogens with zero attached hydrogens (tertiary/aromatic N) is 6. The molecule has 192 valence electrons. The molecule has 2 atom stereocenters. The van der Waals surface area contributed by atoms with Gasteiger partial charge in [-0.1, -0.05) is 24.3 Å². The molecule has 2 bridgehead atoms. The summed E-state index contributed by atoms with van der Waals surface area (Å²) in [7, 11) is 3.74. The van der Waals surface area contributed by atoms with Gasteiger partial charge < -0.3 is 25.0 Å². The highest BCUT2D eigenvalue weighted by molar-refractivity contribution is 5.97. The Morgan fingerprint density at radius 3 is 2.43 bits per heavy atom. The van der Waals surface area contributed by atoms with Gasteiger partial charge in [-0.2, -0.15) is 9.97 Å². The predicted molar refractivity (Wildman–Crippen MR) is 145 cm³/mol. The number of rotatable bonds is 3. The van der Waals surface area contributed by atoms with E-state index in [0.29, 0.717) is 29.6 Å². The number of anilines is 1. The Kier molecular flexibility index (Phi) is 6.48. The van der Waals surface area contributed by atoms with Crippen LogP contribution in [0, 0.1) is 0 Å². The quantitative estimate of drug-likeness (QED) is 0.438. The lowest BCUT2D eigenvalue weighted by atomic mass is 10.0. The number of nitrogens with one attached hydrogen (secondary N) is 1. The molecular formula is C28H33N7O2. The van der Waals surface area contributed by atoms with Gasteiger partial charge in [0, 0.05) is 36.9 Å². The first-order valence-electron chi connectivity index (χ1n) is 13.1. The molecule has 0 saturated carbocycles. The Morgan fingerprint density at radius 2 is 1.73 bits per heavy atom. The first kappa shape index (κ1) is 23.8. The zero-order valence-electron chi connectivity index (χ0n) is 21.4. The minimum absolute atomic E-state index is 0.176. The van der Waals surface area contributed by atoms with Crippen LogP contribution in [-0.2, 0) is 0 Å². The molecule has 2 unspecified atom stereocenters. The first-order valence-corrected chi connectivity index (χ1v) is 13.1. The molecule has 3 fully saturated rings. The van der Waals surface area contributed by atoms with Crippen LogP contribution in [-0.4, -0.2) is 82.4 Å². The van der Waals surface area contributed by atoms with Gasteiger partial charge in [-0.3, -0.25) is 0 Å². The zero-order chi connectivity index (χ0) is 25.4. The van der Waals surface area contributed by atoms with E-state index in [9.17, 15) is 5.11 Å². The molecule has 3 aliphatic rings. The third-order valence-electron chi connectivity index (χ3n) is 7.53. The number of aromatic nitrogens is 4. The summed E-state index contributed by atoms with van der Waals surface area (Å²) in [5.74, 6) is 1.49. The van der Waals surface area contributed by atoms with Crippen molar-refractivity contribution in [2.24, 2.45) is 0 Å². The molecule has 9 nitrogen and oxygen atoms in total.